The lowest BCUT2D eigenvalue weighted by atomic mass is 10.2. The van der Waals surface area contributed by atoms with Gasteiger partial charge in [0, 0.05) is 17.9 Å². The Balaban J connectivity index is 2.14. The zero-order valence-electron chi connectivity index (χ0n) is 11.9. The van der Waals surface area contributed by atoms with Gasteiger partial charge in [0.05, 0.1) is 12.5 Å². The Kier molecular flexibility index (Phi) is 4.94. The van der Waals surface area contributed by atoms with Crippen LogP contribution >= 0.6 is 0 Å². The van der Waals surface area contributed by atoms with E-state index in [1.165, 1.54) is 0 Å². The van der Waals surface area contributed by atoms with Gasteiger partial charge in [-0.1, -0.05) is 35.9 Å². The molecule has 0 heterocycles. The van der Waals surface area contributed by atoms with Crippen molar-refractivity contribution in [3.05, 3.63) is 60.2 Å². The lowest BCUT2D eigenvalue weighted by molar-refractivity contribution is 0.257. The minimum absolute atomic E-state index is 0.236. The SMILES string of the molecule is Cc1ccc(NC(=O)N(CCC#N)c2ccccc2)cc1. The molecule has 0 fully saturated rings. The lowest BCUT2D eigenvalue weighted by Crippen LogP contribution is -2.35. The Morgan fingerprint density at radius 1 is 1.14 bits per heavy atom. The van der Waals surface area contributed by atoms with Crippen molar-refractivity contribution in [3.63, 3.8) is 0 Å². The fraction of sp³-hybridized carbons (Fsp3) is 0.176. The molecule has 2 rings (SSSR count). The van der Waals surface area contributed by atoms with Crippen molar-refractivity contribution in [2.24, 2.45) is 0 Å². The van der Waals surface area contributed by atoms with Crippen molar-refractivity contribution in [1.29, 1.82) is 5.26 Å². The molecule has 0 atom stereocenters. The highest BCUT2D eigenvalue weighted by Gasteiger charge is 2.15. The number of nitriles is 1. The van der Waals surface area contributed by atoms with Crippen LogP contribution in [0.3, 0.4) is 0 Å². The second-order valence-corrected chi connectivity index (χ2v) is 4.69. The van der Waals surface area contributed by atoms with Crippen molar-refractivity contribution in [3.8, 4) is 6.07 Å². The minimum atomic E-state index is -0.236. The molecule has 0 aliphatic carbocycles. The largest absolute Gasteiger partial charge is 0.326 e. The number of amides is 2. The van der Waals surface area contributed by atoms with Crippen LogP contribution in [0.4, 0.5) is 16.2 Å². The highest BCUT2D eigenvalue weighted by Crippen LogP contribution is 2.16. The zero-order valence-corrected chi connectivity index (χ0v) is 11.9. The molecular formula is C17H17N3O. The molecule has 1 N–H and O–H groups in total. The van der Waals surface area contributed by atoms with Gasteiger partial charge in [0.15, 0.2) is 0 Å². The molecule has 2 aromatic carbocycles. The van der Waals surface area contributed by atoms with E-state index in [0.717, 1.165) is 16.9 Å². The predicted octanol–water partition coefficient (Wildman–Crippen LogP) is 3.95. The van der Waals surface area contributed by atoms with E-state index in [1.54, 1.807) is 4.90 Å². The van der Waals surface area contributed by atoms with Gasteiger partial charge in [0.1, 0.15) is 0 Å². The van der Waals surface area contributed by atoms with Crippen molar-refractivity contribution >= 4 is 17.4 Å². The Bertz CT molecular complexity index is 629. The third kappa shape index (κ3) is 4.08. The second kappa shape index (κ2) is 7.11. The minimum Gasteiger partial charge on any atom is -0.308 e. The molecule has 21 heavy (non-hydrogen) atoms. The maximum atomic E-state index is 12.4. The van der Waals surface area contributed by atoms with Gasteiger partial charge >= 0.3 is 6.03 Å². The predicted molar refractivity (Wildman–Crippen MR) is 84.2 cm³/mol. The van der Waals surface area contributed by atoms with Crippen LogP contribution in [0.5, 0.6) is 0 Å². The number of benzene rings is 2. The fourth-order valence-corrected chi connectivity index (χ4v) is 1.95. The van der Waals surface area contributed by atoms with Crippen molar-refractivity contribution < 1.29 is 4.79 Å². The third-order valence-electron chi connectivity index (χ3n) is 3.06. The number of para-hydroxylation sites is 1. The Morgan fingerprint density at radius 2 is 1.81 bits per heavy atom. The highest BCUT2D eigenvalue weighted by atomic mass is 16.2. The van der Waals surface area contributed by atoms with Gasteiger partial charge in [0.2, 0.25) is 0 Å². The van der Waals surface area contributed by atoms with Crippen LogP contribution in [0.25, 0.3) is 0 Å². The zero-order chi connectivity index (χ0) is 15.1. The number of hydrogen-bond donors (Lipinski definition) is 1. The Morgan fingerprint density at radius 3 is 2.43 bits per heavy atom. The van der Waals surface area contributed by atoms with Gasteiger partial charge in [-0.05, 0) is 31.2 Å². The summed E-state index contributed by atoms with van der Waals surface area (Å²) >= 11 is 0. The molecular weight excluding hydrogens is 262 g/mol. The topological polar surface area (TPSA) is 56.1 Å². The normalized spacial score (nSPS) is 9.71. The first-order chi connectivity index (χ1) is 10.2. The number of rotatable bonds is 4. The molecule has 106 valence electrons. The van der Waals surface area contributed by atoms with Gasteiger partial charge in [-0.25, -0.2) is 4.79 Å². The summed E-state index contributed by atoms with van der Waals surface area (Å²) < 4.78 is 0. The highest BCUT2D eigenvalue weighted by molar-refractivity contribution is 6.01. The van der Waals surface area contributed by atoms with Crippen LogP contribution in [-0.4, -0.2) is 12.6 Å². The van der Waals surface area contributed by atoms with E-state index < -0.39 is 0 Å². The number of nitrogens with one attached hydrogen (secondary N) is 1. The van der Waals surface area contributed by atoms with E-state index in [1.807, 2.05) is 61.5 Å². The van der Waals surface area contributed by atoms with Gasteiger partial charge < -0.3 is 5.32 Å². The standard InChI is InChI=1S/C17H17N3O/c1-14-8-10-15(11-9-14)19-17(21)20(13-5-12-18)16-6-3-2-4-7-16/h2-4,6-11H,5,13H2,1H3,(H,19,21). The first-order valence-electron chi connectivity index (χ1n) is 6.78. The van der Waals surface area contributed by atoms with Crippen LogP contribution in [0.15, 0.2) is 54.6 Å². The first kappa shape index (κ1) is 14.6. The number of nitrogens with zero attached hydrogens (tertiary/aromatic N) is 2. The number of carbonyl (C=O) groups excluding carboxylic acids is 1. The second-order valence-electron chi connectivity index (χ2n) is 4.69. The number of urea groups is 1. The average Bonchev–Trinajstić information content (AvgIpc) is 2.51. The number of carbonyl (C=O) groups is 1. The summed E-state index contributed by atoms with van der Waals surface area (Å²) in [7, 11) is 0. The van der Waals surface area contributed by atoms with Gasteiger partial charge in [-0.15, -0.1) is 0 Å². The summed E-state index contributed by atoms with van der Waals surface area (Å²) in [5.74, 6) is 0. The summed E-state index contributed by atoms with van der Waals surface area (Å²) in [5, 5.41) is 11.6. The van der Waals surface area contributed by atoms with Crippen molar-refractivity contribution in [2.45, 2.75) is 13.3 Å². The number of aryl methyl sites for hydroxylation is 1. The summed E-state index contributed by atoms with van der Waals surface area (Å²) in [6, 6.07) is 18.8. The molecule has 4 heteroatoms. The van der Waals surface area contributed by atoms with Crippen LogP contribution in [0.1, 0.15) is 12.0 Å². The van der Waals surface area contributed by atoms with E-state index >= 15 is 0 Å². The van der Waals surface area contributed by atoms with Crippen molar-refractivity contribution in [2.75, 3.05) is 16.8 Å². The molecule has 4 nitrogen and oxygen atoms in total. The molecule has 2 amide bonds. The quantitative estimate of drug-likeness (QED) is 0.921. The van der Waals surface area contributed by atoms with Gasteiger partial charge in [0.25, 0.3) is 0 Å². The molecule has 0 saturated heterocycles. The number of hydrogen-bond acceptors (Lipinski definition) is 2. The van der Waals surface area contributed by atoms with Crippen molar-refractivity contribution in [1.82, 2.24) is 0 Å². The molecule has 0 saturated carbocycles. The fourth-order valence-electron chi connectivity index (χ4n) is 1.95. The molecule has 0 aliphatic rings. The maximum absolute atomic E-state index is 12.4. The average molecular weight is 279 g/mol. The van der Waals surface area contributed by atoms with Crippen LogP contribution in [0, 0.1) is 18.3 Å². The number of anilines is 2. The Hall–Kier alpha value is -2.80. The van der Waals surface area contributed by atoms with E-state index in [0.29, 0.717) is 6.54 Å². The lowest BCUT2D eigenvalue weighted by Gasteiger charge is -2.22. The smallest absolute Gasteiger partial charge is 0.308 e. The van der Waals surface area contributed by atoms with E-state index in [4.69, 9.17) is 5.26 Å². The van der Waals surface area contributed by atoms with E-state index in [9.17, 15) is 4.79 Å². The third-order valence-corrected chi connectivity index (χ3v) is 3.06. The summed E-state index contributed by atoms with van der Waals surface area (Å²) in [6.07, 6.45) is 0.288. The van der Waals surface area contributed by atoms with Crippen LogP contribution < -0.4 is 10.2 Å². The van der Waals surface area contributed by atoms with Crippen LogP contribution in [-0.2, 0) is 0 Å². The molecule has 0 aromatic heterocycles. The summed E-state index contributed by atoms with van der Waals surface area (Å²) in [5.41, 5.74) is 2.65. The van der Waals surface area contributed by atoms with E-state index in [2.05, 4.69) is 11.4 Å². The molecule has 0 bridgehead atoms. The first-order valence-corrected chi connectivity index (χ1v) is 6.78. The van der Waals surface area contributed by atoms with Gasteiger partial charge in [-0.3, -0.25) is 4.90 Å². The monoisotopic (exact) mass is 279 g/mol. The molecule has 2 aromatic rings. The Labute approximate surface area is 124 Å². The van der Waals surface area contributed by atoms with Gasteiger partial charge in [-0.2, -0.15) is 5.26 Å². The molecule has 0 aliphatic heterocycles. The summed E-state index contributed by atoms with van der Waals surface area (Å²) in [6.45, 7) is 2.35. The molecule has 0 unspecified atom stereocenters. The van der Waals surface area contributed by atoms with Crippen LogP contribution in [0.2, 0.25) is 0 Å². The maximum Gasteiger partial charge on any atom is 0.326 e. The molecule has 0 spiro atoms. The summed E-state index contributed by atoms with van der Waals surface area (Å²) in [4.78, 5) is 14.0. The molecule has 0 radical (unpaired) electrons. The van der Waals surface area contributed by atoms with E-state index in [-0.39, 0.29) is 12.5 Å².